The molecule has 0 bridgehead atoms. The molecule has 1 aromatic rings. The topological polar surface area (TPSA) is 49.5 Å². The minimum Gasteiger partial charge on any atom is -0.397 e. The molecule has 1 aromatic carbocycles. The van der Waals surface area contributed by atoms with Crippen molar-refractivity contribution < 1.29 is 5.11 Å². The molecule has 1 heterocycles. The second kappa shape index (κ2) is 5.41. The van der Waals surface area contributed by atoms with Gasteiger partial charge in [-0.2, -0.15) is 0 Å². The third kappa shape index (κ3) is 2.72. The Bertz CT molecular complexity index is 367. The van der Waals surface area contributed by atoms with Gasteiger partial charge >= 0.3 is 0 Å². The van der Waals surface area contributed by atoms with Crippen molar-refractivity contribution in [3.05, 3.63) is 24.3 Å². The van der Waals surface area contributed by atoms with Gasteiger partial charge in [0.05, 0.1) is 17.5 Å². The number of aliphatic hydroxyl groups excluding tert-OH is 1. The molecule has 1 saturated heterocycles. The lowest BCUT2D eigenvalue weighted by Gasteiger charge is -2.38. The van der Waals surface area contributed by atoms with Crippen molar-refractivity contribution >= 4 is 11.4 Å². The summed E-state index contributed by atoms with van der Waals surface area (Å²) in [6.45, 7) is 3.99. The van der Waals surface area contributed by atoms with E-state index in [1.807, 2.05) is 18.2 Å². The van der Waals surface area contributed by atoms with Crippen LogP contribution in [0.3, 0.4) is 0 Å². The van der Waals surface area contributed by atoms with Gasteiger partial charge in [-0.15, -0.1) is 0 Å². The van der Waals surface area contributed by atoms with Crippen LogP contribution in [0.5, 0.6) is 0 Å². The molecule has 1 aliphatic heterocycles. The molecule has 0 saturated carbocycles. The normalized spacial score (nSPS) is 24.9. The van der Waals surface area contributed by atoms with E-state index in [4.69, 9.17) is 5.73 Å². The second-order valence-corrected chi connectivity index (χ2v) is 4.91. The first-order valence-corrected chi connectivity index (χ1v) is 6.50. The van der Waals surface area contributed by atoms with Crippen LogP contribution in [0, 0.1) is 5.92 Å². The van der Waals surface area contributed by atoms with Gasteiger partial charge in [0.1, 0.15) is 0 Å². The van der Waals surface area contributed by atoms with E-state index in [1.165, 1.54) is 0 Å². The minimum absolute atomic E-state index is 0.142. The van der Waals surface area contributed by atoms with Crippen molar-refractivity contribution in [1.29, 1.82) is 0 Å². The first-order chi connectivity index (χ1) is 8.22. The monoisotopic (exact) mass is 234 g/mol. The summed E-state index contributed by atoms with van der Waals surface area (Å²) in [5, 5.41) is 9.98. The Hall–Kier alpha value is -1.22. The van der Waals surface area contributed by atoms with Gasteiger partial charge in [0.15, 0.2) is 0 Å². The Morgan fingerprint density at radius 3 is 2.88 bits per heavy atom. The summed E-state index contributed by atoms with van der Waals surface area (Å²) in [7, 11) is 0. The second-order valence-electron chi connectivity index (χ2n) is 4.91. The third-order valence-corrected chi connectivity index (χ3v) is 3.63. The van der Waals surface area contributed by atoms with Gasteiger partial charge in [0, 0.05) is 19.0 Å². The molecule has 1 fully saturated rings. The van der Waals surface area contributed by atoms with Crippen LogP contribution in [0.2, 0.25) is 0 Å². The van der Waals surface area contributed by atoms with E-state index < -0.39 is 0 Å². The van der Waals surface area contributed by atoms with E-state index >= 15 is 0 Å². The molecule has 0 spiro atoms. The molecule has 0 radical (unpaired) electrons. The van der Waals surface area contributed by atoms with E-state index in [0.717, 1.165) is 43.7 Å². The lowest BCUT2D eigenvalue weighted by atomic mass is 9.90. The average molecular weight is 234 g/mol. The SMILES string of the molecule is CCCC1CN(c2ccccc2N)CCC1O. The molecule has 2 atom stereocenters. The molecular weight excluding hydrogens is 212 g/mol. The predicted molar refractivity (Wildman–Crippen MR) is 72.1 cm³/mol. The molecule has 94 valence electrons. The summed E-state index contributed by atoms with van der Waals surface area (Å²) in [5.74, 6) is 0.383. The van der Waals surface area contributed by atoms with Crippen molar-refractivity contribution in [2.75, 3.05) is 23.7 Å². The smallest absolute Gasteiger partial charge is 0.0602 e. The minimum atomic E-state index is -0.142. The summed E-state index contributed by atoms with van der Waals surface area (Å²) in [6, 6.07) is 7.98. The van der Waals surface area contributed by atoms with Gasteiger partial charge in [-0.3, -0.25) is 0 Å². The number of nitrogens with zero attached hydrogens (tertiary/aromatic N) is 1. The van der Waals surface area contributed by atoms with Crippen molar-refractivity contribution in [3.8, 4) is 0 Å². The van der Waals surface area contributed by atoms with Crippen LogP contribution in [0.15, 0.2) is 24.3 Å². The average Bonchev–Trinajstić information content (AvgIpc) is 2.33. The fourth-order valence-electron chi connectivity index (χ4n) is 2.67. The standard InChI is InChI=1S/C14H22N2O/c1-2-5-11-10-16(9-8-14(11)17)13-7-4-3-6-12(13)15/h3-4,6-7,11,14,17H,2,5,8-10,15H2,1H3. The number of aliphatic hydroxyl groups is 1. The zero-order valence-corrected chi connectivity index (χ0v) is 10.5. The van der Waals surface area contributed by atoms with Crippen molar-refractivity contribution in [2.45, 2.75) is 32.3 Å². The summed E-state index contributed by atoms with van der Waals surface area (Å²) in [4.78, 5) is 2.31. The maximum Gasteiger partial charge on any atom is 0.0602 e. The van der Waals surface area contributed by atoms with E-state index in [9.17, 15) is 5.11 Å². The molecule has 0 aliphatic carbocycles. The summed E-state index contributed by atoms with van der Waals surface area (Å²) in [6.07, 6.45) is 2.92. The van der Waals surface area contributed by atoms with E-state index in [2.05, 4.69) is 17.9 Å². The number of para-hydroxylation sites is 2. The first-order valence-electron chi connectivity index (χ1n) is 6.50. The highest BCUT2D eigenvalue weighted by Crippen LogP contribution is 2.29. The lowest BCUT2D eigenvalue weighted by Crippen LogP contribution is -2.43. The number of nitrogen functional groups attached to an aromatic ring is 1. The first kappa shape index (κ1) is 12.2. The van der Waals surface area contributed by atoms with Crippen LogP contribution in [0.4, 0.5) is 11.4 Å². The Kier molecular flexibility index (Phi) is 3.89. The van der Waals surface area contributed by atoms with Gasteiger partial charge < -0.3 is 15.7 Å². The number of rotatable bonds is 3. The van der Waals surface area contributed by atoms with Crippen LogP contribution in [0.1, 0.15) is 26.2 Å². The van der Waals surface area contributed by atoms with E-state index in [1.54, 1.807) is 0 Å². The third-order valence-electron chi connectivity index (χ3n) is 3.63. The van der Waals surface area contributed by atoms with Gasteiger partial charge in [0.2, 0.25) is 0 Å². The van der Waals surface area contributed by atoms with Crippen LogP contribution in [-0.4, -0.2) is 24.3 Å². The Morgan fingerprint density at radius 1 is 1.41 bits per heavy atom. The quantitative estimate of drug-likeness (QED) is 0.789. The zero-order chi connectivity index (χ0) is 12.3. The van der Waals surface area contributed by atoms with E-state index in [0.29, 0.717) is 5.92 Å². The van der Waals surface area contributed by atoms with E-state index in [-0.39, 0.29) is 6.10 Å². The van der Waals surface area contributed by atoms with Crippen molar-refractivity contribution in [1.82, 2.24) is 0 Å². The number of piperidine rings is 1. The molecule has 0 amide bonds. The summed E-state index contributed by atoms with van der Waals surface area (Å²) < 4.78 is 0. The maximum atomic E-state index is 9.98. The fraction of sp³-hybridized carbons (Fsp3) is 0.571. The highest BCUT2D eigenvalue weighted by molar-refractivity contribution is 5.67. The van der Waals surface area contributed by atoms with Gasteiger partial charge in [-0.1, -0.05) is 25.5 Å². The van der Waals surface area contributed by atoms with Gasteiger partial charge in [0.25, 0.3) is 0 Å². The molecule has 3 N–H and O–H groups in total. The Balaban J connectivity index is 2.10. The van der Waals surface area contributed by atoms with Crippen LogP contribution in [-0.2, 0) is 0 Å². The molecule has 2 rings (SSSR count). The van der Waals surface area contributed by atoms with Crippen molar-refractivity contribution in [3.63, 3.8) is 0 Å². The zero-order valence-electron chi connectivity index (χ0n) is 10.5. The number of anilines is 2. The van der Waals surface area contributed by atoms with Gasteiger partial charge in [-0.05, 0) is 25.0 Å². The van der Waals surface area contributed by atoms with Gasteiger partial charge in [-0.25, -0.2) is 0 Å². The largest absolute Gasteiger partial charge is 0.397 e. The molecule has 0 aromatic heterocycles. The highest BCUT2D eigenvalue weighted by atomic mass is 16.3. The lowest BCUT2D eigenvalue weighted by molar-refractivity contribution is 0.0830. The number of nitrogens with two attached hydrogens (primary N) is 1. The maximum absolute atomic E-state index is 9.98. The van der Waals surface area contributed by atoms with Crippen LogP contribution < -0.4 is 10.6 Å². The van der Waals surface area contributed by atoms with Crippen molar-refractivity contribution in [2.24, 2.45) is 5.92 Å². The molecular formula is C14H22N2O. The number of benzene rings is 1. The Morgan fingerprint density at radius 2 is 2.18 bits per heavy atom. The summed E-state index contributed by atoms with van der Waals surface area (Å²) >= 11 is 0. The number of hydrogen-bond donors (Lipinski definition) is 2. The van der Waals surface area contributed by atoms with Crippen LogP contribution in [0.25, 0.3) is 0 Å². The Labute approximate surface area is 103 Å². The molecule has 17 heavy (non-hydrogen) atoms. The summed E-state index contributed by atoms with van der Waals surface area (Å²) in [5.41, 5.74) is 7.95. The predicted octanol–water partition coefficient (Wildman–Crippen LogP) is 2.26. The fourth-order valence-corrected chi connectivity index (χ4v) is 2.67. The molecule has 1 aliphatic rings. The molecule has 2 unspecified atom stereocenters. The van der Waals surface area contributed by atoms with Crippen LogP contribution >= 0.6 is 0 Å². The highest BCUT2D eigenvalue weighted by Gasteiger charge is 2.27. The molecule has 3 nitrogen and oxygen atoms in total. The number of hydrogen-bond acceptors (Lipinski definition) is 3. The molecule has 3 heteroatoms.